The summed E-state index contributed by atoms with van der Waals surface area (Å²) in [5.41, 5.74) is 3.68. The summed E-state index contributed by atoms with van der Waals surface area (Å²) >= 11 is 4.69. The van der Waals surface area contributed by atoms with Crippen molar-refractivity contribution >= 4 is 17.7 Å². The highest BCUT2D eigenvalue weighted by molar-refractivity contribution is 7.78. The molecule has 0 saturated heterocycles. The number of hydrogen-bond donors (Lipinski definition) is 2. The Morgan fingerprint density at radius 3 is 2.67 bits per heavy atom. The Morgan fingerprint density at radius 2 is 2.06 bits per heavy atom. The van der Waals surface area contributed by atoms with Crippen LogP contribution in [-0.2, 0) is 0 Å². The summed E-state index contributed by atoms with van der Waals surface area (Å²) in [4.78, 5) is 0. The molecule has 0 radical (unpaired) electrons. The normalized spacial score (nSPS) is 13.1. The van der Waals surface area contributed by atoms with Gasteiger partial charge in [-0.2, -0.15) is 0 Å². The summed E-state index contributed by atoms with van der Waals surface area (Å²) in [6, 6.07) is 10.5. The molecular formula is C15H18N2S. The predicted octanol–water partition coefficient (Wildman–Crippen LogP) is 3.47. The molecule has 0 aliphatic rings. The fraction of sp³-hybridized carbons (Fsp3) is 0.133. The van der Waals surface area contributed by atoms with Crippen molar-refractivity contribution in [1.82, 2.24) is 10.6 Å². The van der Waals surface area contributed by atoms with Crippen LogP contribution in [0.15, 0.2) is 67.0 Å². The van der Waals surface area contributed by atoms with Crippen LogP contribution in [0.3, 0.4) is 0 Å². The van der Waals surface area contributed by atoms with Gasteiger partial charge in [-0.15, -0.1) is 0 Å². The summed E-state index contributed by atoms with van der Waals surface area (Å²) in [6.45, 7) is 5.83. The Morgan fingerprint density at radius 1 is 1.33 bits per heavy atom. The zero-order chi connectivity index (χ0) is 13.2. The van der Waals surface area contributed by atoms with Gasteiger partial charge in [0.2, 0.25) is 0 Å². The molecule has 2 nitrogen and oxygen atoms in total. The third-order valence-electron chi connectivity index (χ3n) is 2.41. The molecule has 1 rings (SSSR count). The Bertz CT molecular complexity index is 435. The molecule has 0 spiro atoms. The minimum Gasteiger partial charge on any atom is -0.378 e. The predicted molar refractivity (Wildman–Crippen MR) is 82.2 cm³/mol. The molecule has 0 fully saturated rings. The molecule has 1 unspecified atom stereocenters. The summed E-state index contributed by atoms with van der Waals surface area (Å²) in [5.74, 6) is 0. The average Bonchev–Trinajstić information content (AvgIpc) is 2.40. The maximum absolute atomic E-state index is 4.69. The largest absolute Gasteiger partial charge is 0.378 e. The van der Waals surface area contributed by atoms with E-state index in [1.54, 1.807) is 12.3 Å². The molecule has 1 atom stereocenters. The fourth-order valence-electron chi connectivity index (χ4n) is 1.53. The van der Waals surface area contributed by atoms with Gasteiger partial charge >= 0.3 is 0 Å². The van der Waals surface area contributed by atoms with Crippen molar-refractivity contribution in [1.29, 1.82) is 0 Å². The fourth-order valence-corrected chi connectivity index (χ4v) is 1.61. The van der Waals surface area contributed by atoms with Crippen molar-refractivity contribution < 1.29 is 0 Å². The first-order valence-electron chi connectivity index (χ1n) is 5.78. The first kappa shape index (κ1) is 14.2. The van der Waals surface area contributed by atoms with Gasteiger partial charge in [0.05, 0.1) is 5.49 Å². The average molecular weight is 258 g/mol. The second kappa shape index (κ2) is 8.25. The lowest BCUT2D eigenvalue weighted by Gasteiger charge is -2.16. The molecule has 0 aliphatic heterocycles. The Labute approximate surface area is 114 Å². The topological polar surface area (TPSA) is 24.1 Å². The van der Waals surface area contributed by atoms with Crippen molar-refractivity contribution in [3.05, 3.63) is 72.6 Å². The van der Waals surface area contributed by atoms with Crippen LogP contribution in [0.4, 0.5) is 0 Å². The minimum atomic E-state index is 0.231. The molecule has 1 aromatic rings. The Hall–Kier alpha value is -1.87. The highest BCUT2D eigenvalue weighted by Crippen LogP contribution is 2.13. The molecule has 3 heteroatoms. The van der Waals surface area contributed by atoms with Gasteiger partial charge in [-0.25, -0.2) is 0 Å². The van der Waals surface area contributed by atoms with Gasteiger partial charge in [-0.3, -0.25) is 0 Å². The maximum Gasteiger partial charge on any atom is 0.0654 e. The van der Waals surface area contributed by atoms with Gasteiger partial charge in [0.25, 0.3) is 0 Å². The highest BCUT2D eigenvalue weighted by Gasteiger charge is 2.03. The summed E-state index contributed by atoms with van der Waals surface area (Å²) in [5, 5.41) is 6.25. The molecule has 0 heterocycles. The smallest absolute Gasteiger partial charge is 0.0654 e. The minimum absolute atomic E-state index is 0.231. The van der Waals surface area contributed by atoms with E-state index in [4.69, 9.17) is 0 Å². The lowest BCUT2D eigenvalue weighted by Crippen LogP contribution is -2.17. The quantitative estimate of drug-likeness (QED) is 0.578. The van der Waals surface area contributed by atoms with E-state index in [1.807, 2.05) is 30.4 Å². The van der Waals surface area contributed by atoms with E-state index >= 15 is 0 Å². The van der Waals surface area contributed by atoms with Gasteiger partial charge in [0.1, 0.15) is 0 Å². The van der Waals surface area contributed by atoms with Crippen molar-refractivity contribution in [2.75, 3.05) is 0 Å². The Balaban J connectivity index is 2.69. The lowest BCUT2D eigenvalue weighted by molar-refractivity contribution is 0.665. The van der Waals surface area contributed by atoms with Crippen LogP contribution in [0.2, 0.25) is 0 Å². The molecule has 0 bridgehead atoms. The van der Waals surface area contributed by atoms with E-state index in [9.17, 15) is 0 Å². The third-order valence-corrected chi connectivity index (χ3v) is 2.54. The van der Waals surface area contributed by atoms with Gasteiger partial charge in [-0.1, -0.05) is 55.2 Å². The highest BCUT2D eigenvalue weighted by atomic mass is 32.1. The molecule has 0 aliphatic carbocycles. The van der Waals surface area contributed by atoms with Crippen molar-refractivity contribution in [3.63, 3.8) is 0 Å². The molecule has 0 aromatic heterocycles. The monoisotopic (exact) mass is 258 g/mol. The number of nitrogens with one attached hydrogen (secondary N) is 2. The van der Waals surface area contributed by atoms with Crippen LogP contribution in [-0.4, -0.2) is 5.49 Å². The van der Waals surface area contributed by atoms with E-state index in [2.05, 4.69) is 48.5 Å². The molecule has 2 N–H and O–H groups in total. The van der Waals surface area contributed by atoms with Crippen molar-refractivity contribution in [3.8, 4) is 0 Å². The second-order valence-corrected chi connectivity index (χ2v) is 3.99. The van der Waals surface area contributed by atoms with Gasteiger partial charge in [0.15, 0.2) is 0 Å². The lowest BCUT2D eigenvalue weighted by atomic mass is 10.1. The van der Waals surface area contributed by atoms with Gasteiger partial charge in [0, 0.05) is 17.9 Å². The number of benzene rings is 1. The molecule has 1 aromatic carbocycles. The number of allylic oxidation sites excluding steroid dienone is 3. The SMILES string of the molecule is C=C/C=C(\C=C\NC=S)NC(C)c1ccccc1. The molecular weight excluding hydrogens is 240 g/mol. The van der Waals surface area contributed by atoms with Crippen LogP contribution < -0.4 is 10.6 Å². The van der Waals surface area contributed by atoms with Crippen LogP contribution in [0.5, 0.6) is 0 Å². The van der Waals surface area contributed by atoms with Gasteiger partial charge < -0.3 is 10.6 Å². The van der Waals surface area contributed by atoms with Crippen LogP contribution in [0.25, 0.3) is 0 Å². The van der Waals surface area contributed by atoms with E-state index in [0.29, 0.717) is 0 Å². The van der Waals surface area contributed by atoms with E-state index in [-0.39, 0.29) is 6.04 Å². The zero-order valence-electron chi connectivity index (χ0n) is 10.5. The first-order chi connectivity index (χ1) is 8.77. The van der Waals surface area contributed by atoms with Crippen molar-refractivity contribution in [2.24, 2.45) is 0 Å². The summed E-state index contributed by atoms with van der Waals surface area (Å²) in [7, 11) is 0. The van der Waals surface area contributed by atoms with Crippen LogP contribution >= 0.6 is 12.2 Å². The molecule has 0 amide bonds. The van der Waals surface area contributed by atoms with Gasteiger partial charge in [-0.05, 0) is 24.6 Å². The number of hydrogen-bond acceptors (Lipinski definition) is 2. The summed E-state index contributed by atoms with van der Waals surface area (Å²) < 4.78 is 0. The van der Waals surface area contributed by atoms with Crippen LogP contribution in [0, 0.1) is 0 Å². The second-order valence-electron chi connectivity index (χ2n) is 3.75. The molecule has 0 saturated carbocycles. The van der Waals surface area contributed by atoms with E-state index in [0.717, 1.165) is 5.70 Å². The third kappa shape index (κ3) is 4.97. The number of thiocarbonyl (C=S) groups is 1. The zero-order valence-corrected chi connectivity index (χ0v) is 11.3. The summed E-state index contributed by atoms with van der Waals surface area (Å²) in [6.07, 6.45) is 7.37. The van der Waals surface area contributed by atoms with E-state index in [1.165, 1.54) is 11.1 Å². The first-order valence-corrected chi connectivity index (χ1v) is 6.25. The standard InChI is InChI=1S/C15H18N2S/c1-3-7-15(10-11-16-12-18)17-13(2)14-8-5-4-6-9-14/h3-13,17H,1H2,2H3,(H,16,18)/b11-10+,15-7+. The Kier molecular flexibility index (Phi) is 6.51. The van der Waals surface area contributed by atoms with Crippen molar-refractivity contribution in [2.45, 2.75) is 13.0 Å². The molecule has 94 valence electrons. The van der Waals surface area contributed by atoms with E-state index < -0.39 is 0 Å². The van der Waals surface area contributed by atoms with Crippen LogP contribution in [0.1, 0.15) is 18.5 Å². The number of rotatable bonds is 7. The molecule has 18 heavy (non-hydrogen) atoms. The maximum atomic E-state index is 4.69.